The van der Waals surface area contributed by atoms with Crippen LogP contribution in [-0.2, 0) is 9.59 Å². The molecule has 4 nitrogen and oxygen atoms in total. The van der Waals surface area contributed by atoms with Gasteiger partial charge in [0.1, 0.15) is 5.82 Å². The third kappa shape index (κ3) is 3.82. The third-order valence-corrected chi connectivity index (χ3v) is 4.61. The maximum absolute atomic E-state index is 12.9. The molecule has 0 heterocycles. The van der Waals surface area contributed by atoms with Crippen molar-refractivity contribution in [3.63, 3.8) is 0 Å². The molecule has 0 bridgehead atoms. The van der Waals surface area contributed by atoms with Gasteiger partial charge in [-0.3, -0.25) is 9.59 Å². The number of benzene rings is 2. The lowest BCUT2D eigenvalue weighted by atomic mass is 10.2. The van der Waals surface area contributed by atoms with Crippen molar-refractivity contribution in [1.82, 2.24) is 0 Å². The fourth-order valence-electron chi connectivity index (χ4n) is 2.49. The molecule has 0 radical (unpaired) electrons. The van der Waals surface area contributed by atoms with E-state index >= 15 is 0 Å². The fraction of sp³-hybridized carbons (Fsp3) is 0.222. The van der Waals surface area contributed by atoms with Crippen molar-refractivity contribution in [2.45, 2.75) is 13.3 Å². The van der Waals surface area contributed by atoms with E-state index in [0.29, 0.717) is 17.8 Å². The normalized spacial score (nSPS) is 18.8. The highest BCUT2D eigenvalue weighted by Gasteiger charge is 2.48. The molecular weight excluding hydrogens is 375 g/mol. The summed E-state index contributed by atoms with van der Waals surface area (Å²) in [5.41, 5.74) is 2.30. The Labute approximate surface area is 147 Å². The van der Waals surface area contributed by atoms with E-state index in [4.69, 9.17) is 0 Å². The van der Waals surface area contributed by atoms with Gasteiger partial charge in [0.2, 0.25) is 11.8 Å². The summed E-state index contributed by atoms with van der Waals surface area (Å²) in [6, 6.07) is 11.2. The molecule has 1 fully saturated rings. The highest BCUT2D eigenvalue weighted by molar-refractivity contribution is 9.10. The average Bonchev–Trinajstić information content (AvgIpc) is 3.33. The Kier molecular flexibility index (Phi) is 4.66. The number of rotatable bonds is 4. The summed E-state index contributed by atoms with van der Waals surface area (Å²) >= 11 is 3.41. The van der Waals surface area contributed by atoms with E-state index in [-0.39, 0.29) is 29.5 Å². The Morgan fingerprint density at radius 3 is 2.29 bits per heavy atom. The maximum atomic E-state index is 12.9. The first-order valence-corrected chi connectivity index (χ1v) is 8.37. The summed E-state index contributed by atoms with van der Waals surface area (Å²) in [6.45, 7) is 1.97. The van der Waals surface area contributed by atoms with Crippen LogP contribution in [0.4, 0.5) is 15.8 Å². The number of hydrogen-bond acceptors (Lipinski definition) is 2. The number of anilines is 2. The van der Waals surface area contributed by atoms with Crippen LogP contribution in [0.1, 0.15) is 12.0 Å². The zero-order valence-corrected chi connectivity index (χ0v) is 14.6. The van der Waals surface area contributed by atoms with E-state index < -0.39 is 0 Å². The van der Waals surface area contributed by atoms with Crippen molar-refractivity contribution in [3.05, 3.63) is 58.3 Å². The van der Waals surface area contributed by atoms with Gasteiger partial charge in [0.05, 0.1) is 17.5 Å². The molecule has 1 aliphatic rings. The zero-order valence-electron chi connectivity index (χ0n) is 13.0. The van der Waals surface area contributed by atoms with Gasteiger partial charge in [0.15, 0.2) is 0 Å². The minimum absolute atomic E-state index is 0.168. The first-order valence-electron chi connectivity index (χ1n) is 7.57. The van der Waals surface area contributed by atoms with Crippen molar-refractivity contribution in [3.8, 4) is 0 Å². The zero-order chi connectivity index (χ0) is 17.3. The number of hydrogen-bond donors (Lipinski definition) is 2. The summed E-state index contributed by atoms with van der Waals surface area (Å²) in [5, 5.41) is 5.54. The van der Waals surface area contributed by atoms with Crippen LogP contribution in [0.2, 0.25) is 0 Å². The SMILES string of the molecule is Cc1ccc(NC(=O)C2CC2C(=O)Nc2ccc(F)cc2)c(Br)c1. The summed E-state index contributed by atoms with van der Waals surface area (Å²) in [4.78, 5) is 24.4. The molecule has 1 aliphatic carbocycles. The average molecular weight is 391 g/mol. The van der Waals surface area contributed by atoms with Gasteiger partial charge in [-0.2, -0.15) is 0 Å². The second-order valence-electron chi connectivity index (χ2n) is 5.92. The molecule has 2 aromatic rings. The molecule has 6 heteroatoms. The van der Waals surface area contributed by atoms with Crippen molar-refractivity contribution < 1.29 is 14.0 Å². The van der Waals surface area contributed by atoms with Crippen LogP contribution in [0.15, 0.2) is 46.9 Å². The molecule has 0 aromatic heterocycles. The molecule has 2 unspecified atom stereocenters. The molecule has 3 rings (SSSR count). The number of carbonyl (C=O) groups excluding carboxylic acids is 2. The summed E-state index contributed by atoms with van der Waals surface area (Å²) < 4.78 is 13.7. The van der Waals surface area contributed by atoms with E-state index in [9.17, 15) is 14.0 Å². The van der Waals surface area contributed by atoms with Crippen LogP contribution in [0.25, 0.3) is 0 Å². The Hall–Kier alpha value is -2.21. The molecule has 0 spiro atoms. The second-order valence-corrected chi connectivity index (χ2v) is 6.77. The Morgan fingerprint density at radius 1 is 1.04 bits per heavy atom. The number of amides is 2. The molecule has 0 saturated heterocycles. The van der Waals surface area contributed by atoms with Crippen molar-refractivity contribution >= 4 is 39.1 Å². The first-order chi connectivity index (χ1) is 11.4. The Balaban J connectivity index is 1.57. The predicted octanol–water partition coefficient (Wildman–Crippen LogP) is 4.11. The van der Waals surface area contributed by atoms with Gasteiger partial charge in [-0.15, -0.1) is 0 Å². The maximum Gasteiger partial charge on any atom is 0.228 e. The quantitative estimate of drug-likeness (QED) is 0.824. The molecular formula is C18H16BrFN2O2. The summed E-state index contributed by atoms with van der Waals surface area (Å²) in [7, 11) is 0. The number of nitrogens with one attached hydrogen (secondary N) is 2. The van der Waals surface area contributed by atoms with Crippen LogP contribution < -0.4 is 10.6 Å². The highest BCUT2D eigenvalue weighted by Crippen LogP contribution is 2.40. The lowest BCUT2D eigenvalue weighted by molar-refractivity contribution is -0.122. The molecule has 1 saturated carbocycles. The summed E-state index contributed by atoms with van der Waals surface area (Å²) in [5.74, 6) is -1.43. The largest absolute Gasteiger partial charge is 0.326 e. The minimum Gasteiger partial charge on any atom is -0.326 e. The molecule has 124 valence electrons. The van der Waals surface area contributed by atoms with Crippen molar-refractivity contribution in [1.29, 1.82) is 0 Å². The number of aryl methyl sites for hydroxylation is 1. The van der Waals surface area contributed by atoms with Gasteiger partial charge >= 0.3 is 0 Å². The number of halogens is 2. The van der Waals surface area contributed by atoms with Gasteiger partial charge in [-0.05, 0) is 71.2 Å². The van der Waals surface area contributed by atoms with E-state index in [2.05, 4.69) is 26.6 Å². The molecule has 24 heavy (non-hydrogen) atoms. The van der Waals surface area contributed by atoms with Crippen LogP contribution >= 0.6 is 15.9 Å². The van der Waals surface area contributed by atoms with Crippen LogP contribution in [0.3, 0.4) is 0 Å². The highest BCUT2D eigenvalue weighted by atomic mass is 79.9. The molecule has 2 N–H and O–H groups in total. The third-order valence-electron chi connectivity index (χ3n) is 3.96. The monoisotopic (exact) mass is 390 g/mol. The second kappa shape index (κ2) is 6.73. The standard InChI is InChI=1S/C18H16BrFN2O2/c1-10-2-7-16(15(19)8-10)22-18(24)14-9-13(14)17(23)21-12-5-3-11(20)4-6-12/h2-8,13-14H,9H2,1H3,(H,21,23)(H,22,24). The minimum atomic E-state index is -0.361. The first kappa shape index (κ1) is 16.6. The van der Waals surface area contributed by atoms with Crippen molar-refractivity contribution in [2.75, 3.05) is 10.6 Å². The lowest BCUT2D eigenvalue weighted by Gasteiger charge is -2.08. The molecule has 2 atom stereocenters. The molecule has 0 aliphatic heterocycles. The number of carbonyl (C=O) groups is 2. The van der Waals surface area contributed by atoms with Gasteiger partial charge in [0.25, 0.3) is 0 Å². The fourth-order valence-corrected chi connectivity index (χ4v) is 3.08. The molecule has 2 amide bonds. The summed E-state index contributed by atoms with van der Waals surface area (Å²) in [6.07, 6.45) is 0.516. The van der Waals surface area contributed by atoms with E-state index in [1.165, 1.54) is 24.3 Å². The lowest BCUT2D eigenvalue weighted by Crippen LogP contribution is -2.20. The van der Waals surface area contributed by atoms with E-state index in [1.54, 1.807) is 0 Å². The smallest absolute Gasteiger partial charge is 0.228 e. The van der Waals surface area contributed by atoms with Crippen LogP contribution in [0.5, 0.6) is 0 Å². The van der Waals surface area contributed by atoms with E-state index in [0.717, 1.165) is 10.0 Å². The molecule has 2 aromatic carbocycles. The van der Waals surface area contributed by atoms with Crippen LogP contribution in [-0.4, -0.2) is 11.8 Å². The van der Waals surface area contributed by atoms with Crippen molar-refractivity contribution in [2.24, 2.45) is 11.8 Å². The van der Waals surface area contributed by atoms with Gasteiger partial charge in [-0.1, -0.05) is 6.07 Å². The Bertz CT molecular complexity index is 792. The van der Waals surface area contributed by atoms with Gasteiger partial charge < -0.3 is 10.6 Å². The van der Waals surface area contributed by atoms with Gasteiger partial charge in [0, 0.05) is 10.2 Å². The van der Waals surface area contributed by atoms with Crippen LogP contribution in [0, 0.1) is 24.6 Å². The van der Waals surface area contributed by atoms with Gasteiger partial charge in [-0.25, -0.2) is 4.39 Å². The van der Waals surface area contributed by atoms with E-state index in [1.807, 2.05) is 25.1 Å². The Morgan fingerprint density at radius 2 is 1.67 bits per heavy atom. The predicted molar refractivity (Wildman–Crippen MR) is 94.1 cm³/mol. The topological polar surface area (TPSA) is 58.2 Å².